The molecule has 0 bridgehead atoms. The number of hydrogen-bond donors (Lipinski definition) is 1. The first kappa shape index (κ1) is 14.8. The summed E-state index contributed by atoms with van der Waals surface area (Å²) in [6.07, 6.45) is 2.13. The minimum atomic E-state index is -0.299. The molecule has 2 aromatic rings. The lowest BCUT2D eigenvalue weighted by molar-refractivity contribution is -0.131. The fraction of sp³-hybridized carbons (Fsp3) is 0.412. The van der Waals surface area contributed by atoms with Gasteiger partial charge in [0.25, 0.3) is 0 Å². The van der Waals surface area contributed by atoms with Gasteiger partial charge in [0.2, 0.25) is 5.91 Å². The second kappa shape index (κ2) is 5.23. The second-order valence-electron chi connectivity index (χ2n) is 6.74. The number of amides is 1. The third-order valence-corrected chi connectivity index (χ3v) is 4.00. The molecule has 1 amide bonds. The average molecular weight is 301 g/mol. The minimum Gasteiger partial charge on any atom is -0.379 e. The Balaban J connectivity index is 1.84. The van der Waals surface area contributed by atoms with E-state index in [2.05, 4.69) is 10.3 Å². The number of carbonyl (C=O) groups is 1. The molecule has 0 saturated carbocycles. The van der Waals surface area contributed by atoms with Gasteiger partial charge in [0.05, 0.1) is 11.6 Å². The molecule has 1 saturated heterocycles. The average Bonchev–Trinajstić information content (AvgIpc) is 2.79. The molecule has 1 atom stereocenters. The van der Waals surface area contributed by atoms with E-state index in [1.54, 1.807) is 12.3 Å². The van der Waals surface area contributed by atoms with Crippen molar-refractivity contribution in [3.63, 3.8) is 0 Å². The molecule has 1 unspecified atom stereocenters. The quantitative estimate of drug-likeness (QED) is 0.926. The van der Waals surface area contributed by atoms with Gasteiger partial charge in [-0.3, -0.25) is 9.78 Å². The van der Waals surface area contributed by atoms with Crippen molar-refractivity contribution in [1.29, 1.82) is 0 Å². The molecule has 0 radical (unpaired) electrons. The summed E-state index contributed by atoms with van der Waals surface area (Å²) in [7, 11) is 0. The number of halogens is 1. The van der Waals surface area contributed by atoms with Gasteiger partial charge < -0.3 is 10.2 Å². The van der Waals surface area contributed by atoms with Crippen molar-refractivity contribution in [2.75, 3.05) is 11.9 Å². The maximum absolute atomic E-state index is 13.3. The number of fused-ring (bicyclic) bond motifs is 1. The summed E-state index contributed by atoms with van der Waals surface area (Å²) in [5.41, 5.74) is 1.33. The van der Waals surface area contributed by atoms with Gasteiger partial charge in [-0.05, 0) is 39.0 Å². The van der Waals surface area contributed by atoms with Gasteiger partial charge in [-0.25, -0.2) is 4.39 Å². The number of pyridine rings is 1. The highest BCUT2D eigenvalue weighted by Gasteiger charge is 2.36. The predicted molar refractivity (Wildman–Crippen MR) is 85.2 cm³/mol. The predicted octanol–water partition coefficient (Wildman–Crippen LogP) is 3.19. The maximum Gasteiger partial charge on any atom is 0.225 e. The first-order valence-electron chi connectivity index (χ1n) is 7.46. The molecule has 1 fully saturated rings. The van der Waals surface area contributed by atoms with Crippen LogP contribution in [0.15, 0.2) is 30.5 Å². The van der Waals surface area contributed by atoms with Crippen molar-refractivity contribution >= 4 is 22.5 Å². The van der Waals surface area contributed by atoms with E-state index in [9.17, 15) is 9.18 Å². The first-order chi connectivity index (χ1) is 10.3. The minimum absolute atomic E-state index is 0.0578. The van der Waals surface area contributed by atoms with E-state index < -0.39 is 0 Å². The number of nitrogens with one attached hydrogen (secondary N) is 1. The fourth-order valence-electron chi connectivity index (χ4n) is 2.92. The summed E-state index contributed by atoms with van der Waals surface area (Å²) in [6.45, 7) is 6.79. The third-order valence-electron chi connectivity index (χ3n) is 4.00. The van der Waals surface area contributed by atoms with Crippen LogP contribution in [0, 0.1) is 5.82 Å². The van der Waals surface area contributed by atoms with E-state index in [-0.39, 0.29) is 23.3 Å². The van der Waals surface area contributed by atoms with Gasteiger partial charge >= 0.3 is 0 Å². The summed E-state index contributed by atoms with van der Waals surface area (Å²) >= 11 is 0. The summed E-state index contributed by atoms with van der Waals surface area (Å²) in [5, 5.41) is 4.28. The fourth-order valence-corrected chi connectivity index (χ4v) is 2.92. The lowest BCUT2D eigenvalue weighted by Crippen LogP contribution is -2.43. The molecular weight excluding hydrogens is 281 g/mol. The SMILES string of the molecule is CC(C)(C)N1CC(Nc2ccnc3cc(F)ccc23)CC1=O. The van der Waals surface area contributed by atoms with Gasteiger partial charge in [0, 0.05) is 41.8 Å². The van der Waals surface area contributed by atoms with Crippen molar-refractivity contribution in [2.24, 2.45) is 0 Å². The second-order valence-corrected chi connectivity index (χ2v) is 6.74. The molecule has 4 nitrogen and oxygen atoms in total. The first-order valence-corrected chi connectivity index (χ1v) is 7.46. The van der Waals surface area contributed by atoms with Crippen LogP contribution in [0.25, 0.3) is 10.9 Å². The lowest BCUT2D eigenvalue weighted by Gasteiger charge is -2.32. The summed E-state index contributed by atoms with van der Waals surface area (Å²) < 4.78 is 13.3. The largest absolute Gasteiger partial charge is 0.379 e. The molecule has 1 aromatic carbocycles. The number of carbonyl (C=O) groups excluding carboxylic acids is 1. The zero-order chi connectivity index (χ0) is 15.9. The number of nitrogens with zero attached hydrogens (tertiary/aromatic N) is 2. The van der Waals surface area contributed by atoms with Crippen LogP contribution in [-0.2, 0) is 4.79 Å². The number of hydrogen-bond acceptors (Lipinski definition) is 3. The Morgan fingerprint density at radius 3 is 2.77 bits per heavy atom. The van der Waals surface area contributed by atoms with E-state index in [0.29, 0.717) is 18.5 Å². The molecule has 0 spiro atoms. The van der Waals surface area contributed by atoms with E-state index in [1.807, 2.05) is 31.7 Å². The van der Waals surface area contributed by atoms with Gasteiger partial charge in [-0.1, -0.05) is 0 Å². The molecule has 0 aliphatic carbocycles. The Morgan fingerprint density at radius 2 is 2.09 bits per heavy atom. The third kappa shape index (κ3) is 2.75. The van der Waals surface area contributed by atoms with Crippen LogP contribution < -0.4 is 5.32 Å². The molecule has 1 aliphatic heterocycles. The van der Waals surface area contributed by atoms with Gasteiger partial charge in [-0.15, -0.1) is 0 Å². The zero-order valence-electron chi connectivity index (χ0n) is 13.1. The highest BCUT2D eigenvalue weighted by atomic mass is 19.1. The van der Waals surface area contributed by atoms with Crippen molar-refractivity contribution in [2.45, 2.75) is 38.8 Å². The van der Waals surface area contributed by atoms with Crippen LogP contribution >= 0.6 is 0 Å². The standard InChI is InChI=1S/C17H20FN3O/c1-17(2,3)21-10-12(9-16(21)22)20-14-6-7-19-15-8-11(18)4-5-13(14)15/h4-8,12H,9-10H2,1-3H3,(H,19,20). The van der Waals surface area contributed by atoms with E-state index in [0.717, 1.165) is 11.1 Å². The van der Waals surface area contributed by atoms with E-state index in [4.69, 9.17) is 0 Å². The molecule has 5 heteroatoms. The number of anilines is 1. The van der Waals surface area contributed by atoms with Crippen molar-refractivity contribution < 1.29 is 9.18 Å². The molecule has 1 N–H and O–H groups in total. The topological polar surface area (TPSA) is 45.2 Å². The molecule has 3 rings (SSSR count). The van der Waals surface area contributed by atoms with Crippen LogP contribution in [0.3, 0.4) is 0 Å². The Kier molecular flexibility index (Phi) is 3.51. The van der Waals surface area contributed by atoms with E-state index in [1.165, 1.54) is 12.1 Å². The molecular formula is C17H20FN3O. The van der Waals surface area contributed by atoms with Crippen LogP contribution in [0.2, 0.25) is 0 Å². The van der Waals surface area contributed by atoms with Crippen LogP contribution in [-0.4, -0.2) is 33.9 Å². The van der Waals surface area contributed by atoms with Gasteiger partial charge in [0.1, 0.15) is 5.82 Å². The molecule has 116 valence electrons. The number of benzene rings is 1. The van der Waals surface area contributed by atoms with Crippen molar-refractivity contribution in [3.05, 3.63) is 36.3 Å². The number of likely N-dealkylation sites (tertiary alicyclic amines) is 1. The van der Waals surface area contributed by atoms with Crippen LogP contribution in [0.1, 0.15) is 27.2 Å². The monoisotopic (exact) mass is 301 g/mol. The zero-order valence-corrected chi connectivity index (χ0v) is 13.1. The molecule has 2 heterocycles. The number of aromatic nitrogens is 1. The van der Waals surface area contributed by atoms with Gasteiger partial charge in [0.15, 0.2) is 0 Å². The molecule has 1 aliphatic rings. The maximum atomic E-state index is 13.3. The Morgan fingerprint density at radius 1 is 1.32 bits per heavy atom. The van der Waals surface area contributed by atoms with Crippen LogP contribution in [0.4, 0.5) is 10.1 Å². The summed E-state index contributed by atoms with van der Waals surface area (Å²) in [5.74, 6) is -0.137. The molecule has 22 heavy (non-hydrogen) atoms. The van der Waals surface area contributed by atoms with Crippen molar-refractivity contribution in [3.8, 4) is 0 Å². The Labute approximate surface area is 129 Å². The summed E-state index contributed by atoms with van der Waals surface area (Å²) in [4.78, 5) is 18.2. The lowest BCUT2D eigenvalue weighted by atomic mass is 10.1. The normalized spacial score (nSPS) is 19.0. The number of rotatable bonds is 2. The molecule has 1 aromatic heterocycles. The smallest absolute Gasteiger partial charge is 0.225 e. The summed E-state index contributed by atoms with van der Waals surface area (Å²) in [6, 6.07) is 6.49. The van der Waals surface area contributed by atoms with E-state index >= 15 is 0 Å². The van der Waals surface area contributed by atoms with Gasteiger partial charge in [-0.2, -0.15) is 0 Å². The Hall–Kier alpha value is -2.17. The highest BCUT2D eigenvalue weighted by Crippen LogP contribution is 2.27. The van der Waals surface area contributed by atoms with Crippen LogP contribution in [0.5, 0.6) is 0 Å². The van der Waals surface area contributed by atoms with Crippen molar-refractivity contribution in [1.82, 2.24) is 9.88 Å². The Bertz CT molecular complexity index is 723. The highest BCUT2D eigenvalue weighted by molar-refractivity contribution is 5.91.